The number of rotatable bonds is 9. The summed E-state index contributed by atoms with van der Waals surface area (Å²) in [6.07, 6.45) is 1.76. The van der Waals surface area contributed by atoms with Gasteiger partial charge in [0.15, 0.2) is 0 Å². The molecule has 2 rings (SSSR count). The summed E-state index contributed by atoms with van der Waals surface area (Å²) in [5.74, 6) is -1.65. The number of nitrogens with one attached hydrogen (secondary N) is 1. The van der Waals surface area contributed by atoms with E-state index in [4.69, 9.17) is 1.41 Å². The molecule has 2 amide bonds. The number of nitrogens with two attached hydrogens (primary N) is 1. The number of likely N-dealkylation sites (tertiary alicyclic amines) is 1. The van der Waals surface area contributed by atoms with Gasteiger partial charge in [-0.15, -0.1) is 0 Å². The first-order chi connectivity index (χ1) is 13.3. The van der Waals surface area contributed by atoms with Gasteiger partial charge in [-0.3, -0.25) is 9.59 Å². The molecule has 148 valence electrons. The van der Waals surface area contributed by atoms with Crippen LogP contribution in [0.3, 0.4) is 0 Å². The van der Waals surface area contributed by atoms with Crippen molar-refractivity contribution in [1.29, 1.82) is 0 Å². The first-order valence-corrected chi connectivity index (χ1v) is 9.38. The molecule has 7 heteroatoms. The van der Waals surface area contributed by atoms with E-state index in [1.54, 1.807) is 0 Å². The molecule has 1 heterocycles. The molecule has 1 aromatic carbocycles. The molecular weight excluding hydrogens is 346 g/mol. The summed E-state index contributed by atoms with van der Waals surface area (Å²) < 4.78 is 7.43. The van der Waals surface area contributed by atoms with Crippen LogP contribution in [-0.4, -0.2) is 52.5 Å². The zero-order valence-electron chi connectivity index (χ0n) is 16.9. The maximum Gasteiger partial charge on any atom is 0.326 e. The second kappa shape index (κ2) is 9.50. The van der Waals surface area contributed by atoms with E-state index in [2.05, 4.69) is 11.0 Å². The number of benzene rings is 1. The van der Waals surface area contributed by atoms with Crippen molar-refractivity contribution < 1.29 is 20.9 Å². The van der Waals surface area contributed by atoms with Crippen molar-refractivity contribution in [3.8, 4) is 0 Å². The van der Waals surface area contributed by atoms with E-state index in [9.17, 15) is 19.5 Å². The van der Waals surface area contributed by atoms with Crippen molar-refractivity contribution in [3.05, 3.63) is 35.9 Å². The molecule has 27 heavy (non-hydrogen) atoms. The maximum absolute atomic E-state index is 13.1. The summed E-state index contributed by atoms with van der Waals surface area (Å²) in [6.45, 7) is 4.26. The van der Waals surface area contributed by atoms with E-state index >= 15 is 0 Å². The van der Waals surface area contributed by atoms with Crippen molar-refractivity contribution in [2.24, 2.45) is 11.6 Å². The van der Waals surface area contributed by atoms with E-state index in [1.165, 1.54) is 4.90 Å². The third-order valence-corrected chi connectivity index (χ3v) is 4.74. The third kappa shape index (κ3) is 5.79. The Hall–Kier alpha value is -2.41. The molecule has 1 aliphatic heterocycles. The van der Waals surface area contributed by atoms with Gasteiger partial charge in [-0.2, -0.15) is 0 Å². The number of aliphatic carboxylic acids is 1. The van der Waals surface area contributed by atoms with Crippen LogP contribution >= 0.6 is 0 Å². The lowest BCUT2D eigenvalue weighted by atomic mass is 10.0. The smallest absolute Gasteiger partial charge is 0.326 e. The topological polar surface area (TPSA) is 113 Å². The van der Waals surface area contributed by atoms with Gasteiger partial charge in [0.1, 0.15) is 13.5 Å². The minimum atomic E-state index is -1.03. The number of hydrogen-bond donors (Lipinski definition) is 3. The minimum absolute atomic E-state index is 0.201. The van der Waals surface area contributed by atoms with Gasteiger partial charge in [-0.1, -0.05) is 44.2 Å². The second-order valence-corrected chi connectivity index (χ2v) is 7.46. The molecule has 1 fully saturated rings. The number of carboxylic acids is 1. The van der Waals surface area contributed by atoms with Gasteiger partial charge >= 0.3 is 5.97 Å². The van der Waals surface area contributed by atoms with Crippen LogP contribution in [0.4, 0.5) is 0 Å². The van der Waals surface area contributed by atoms with Crippen LogP contribution < -0.4 is 11.0 Å². The van der Waals surface area contributed by atoms with Crippen molar-refractivity contribution in [2.45, 2.75) is 57.7 Å². The van der Waals surface area contributed by atoms with Crippen LogP contribution in [0.1, 0.15) is 38.7 Å². The predicted octanol–water partition coefficient (Wildman–Crippen LogP) is 1.16. The fourth-order valence-electron chi connectivity index (χ4n) is 3.39. The SMILES string of the molecule is [2H]N[C@@H](CC(C)C)C(=O)N[C@@H](Cc1ccccc1)C(=O)N1CCC[C@H]1C(=O)O. The second-order valence-electron chi connectivity index (χ2n) is 7.46. The highest BCUT2D eigenvalue weighted by molar-refractivity contribution is 5.92. The summed E-state index contributed by atoms with van der Waals surface area (Å²) in [5.41, 5.74) is 3.12. The third-order valence-electron chi connectivity index (χ3n) is 4.74. The summed E-state index contributed by atoms with van der Waals surface area (Å²) in [7, 11) is 0. The van der Waals surface area contributed by atoms with Crippen LogP contribution in [0.25, 0.3) is 0 Å². The van der Waals surface area contributed by atoms with Crippen molar-refractivity contribution in [1.82, 2.24) is 10.2 Å². The Bertz CT molecular complexity index is 683. The quantitative estimate of drug-likeness (QED) is 0.599. The predicted molar refractivity (Wildman–Crippen MR) is 102 cm³/mol. The van der Waals surface area contributed by atoms with Crippen LogP contribution in [0.2, 0.25) is 1.41 Å². The van der Waals surface area contributed by atoms with E-state index in [0.29, 0.717) is 25.8 Å². The van der Waals surface area contributed by atoms with Crippen molar-refractivity contribution in [3.63, 3.8) is 0 Å². The van der Waals surface area contributed by atoms with Gasteiger partial charge in [-0.05, 0) is 30.7 Å². The van der Waals surface area contributed by atoms with Crippen LogP contribution in [0.15, 0.2) is 30.3 Å². The molecule has 7 nitrogen and oxygen atoms in total. The lowest BCUT2D eigenvalue weighted by Crippen LogP contribution is -2.55. The van der Waals surface area contributed by atoms with Crippen molar-refractivity contribution >= 4 is 17.8 Å². The number of hydrogen-bond acceptors (Lipinski definition) is 4. The number of carboxylic acid groups (broad SMARTS) is 1. The van der Waals surface area contributed by atoms with Gasteiger partial charge in [-0.25, -0.2) is 4.79 Å². The Kier molecular flexibility index (Phi) is 6.81. The highest BCUT2D eigenvalue weighted by Gasteiger charge is 2.38. The molecule has 1 saturated heterocycles. The van der Waals surface area contributed by atoms with E-state index in [1.807, 2.05) is 44.2 Å². The number of carbonyl (C=O) groups excluding carboxylic acids is 2. The van der Waals surface area contributed by atoms with Gasteiger partial charge < -0.3 is 21.0 Å². The molecule has 0 radical (unpaired) electrons. The average molecular weight is 376 g/mol. The average Bonchev–Trinajstić information content (AvgIpc) is 3.15. The summed E-state index contributed by atoms with van der Waals surface area (Å²) in [6, 6.07) is 6.81. The maximum atomic E-state index is 13.1. The first-order valence-electron chi connectivity index (χ1n) is 9.88. The summed E-state index contributed by atoms with van der Waals surface area (Å²) in [5, 5.41) is 12.1. The normalized spacial score (nSPS) is 19.4. The Balaban J connectivity index is 2.20. The zero-order chi connectivity index (χ0) is 20.7. The lowest BCUT2D eigenvalue weighted by Gasteiger charge is -2.28. The molecule has 0 saturated carbocycles. The summed E-state index contributed by atoms with van der Waals surface area (Å²) >= 11 is 0. The molecular formula is C20H29N3O4. The fraction of sp³-hybridized carbons (Fsp3) is 0.550. The number of amides is 2. The summed E-state index contributed by atoms with van der Waals surface area (Å²) in [4.78, 5) is 38.6. The lowest BCUT2D eigenvalue weighted by molar-refractivity contribution is -0.149. The zero-order valence-corrected chi connectivity index (χ0v) is 15.9. The molecule has 4 N–H and O–H groups in total. The molecule has 3 atom stereocenters. The number of nitrogens with zero attached hydrogens (tertiary/aromatic N) is 1. The first kappa shape index (κ1) is 19.4. The minimum Gasteiger partial charge on any atom is -0.480 e. The Morgan fingerprint density at radius 3 is 2.63 bits per heavy atom. The molecule has 1 aromatic rings. The molecule has 0 unspecified atom stereocenters. The van der Waals surface area contributed by atoms with Crippen molar-refractivity contribution in [2.75, 3.05) is 6.54 Å². The Morgan fingerprint density at radius 2 is 2.04 bits per heavy atom. The van der Waals surface area contributed by atoms with E-state index in [-0.39, 0.29) is 12.3 Å². The van der Waals surface area contributed by atoms with Gasteiger partial charge in [0, 0.05) is 13.0 Å². The van der Waals surface area contributed by atoms with E-state index < -0.39 is 35.9 Å². The Labute approximate surface area is 161 Å². The molecule has 0 aromatic heterocycles. The van der Waals surface area contributed by atoms with E-state index in [0.717, 1.165) is 5.56 Å². The van der Waals surface area contributed by atoms with Crippen LogP contribution in [-0.2, 0) is 20.8 Å². The van der Waals surface area contributed by atoms with Crippen LogP contribution in [0, 0.1) is 5.92 Å². The largest absolute Gasteiger partial charge is 0.480 e. The molecule has 0 bridgehead atoms. The standard InChI is InChI=1S/C20H29N3O4/c1-13(2)11-15(21)18(24)22-16(12-14-7-4-3-5-8-14)19(25)23-10-6-9-17(23)20(26)27/h3-5,7-8,13,15-17H,6,9-12,21H2,1-2H3,(H,22,24)(H,26,27)/t15-,16-,17-/m0/s1/i/hD. The van der Waals surface area contributed by atoms with Gasteiger partial charge in [0.05, 0.1) is 6.04 Å². The Morgan fingerprint density at radius 1 is 1.33 bits per heavy atom. The molecule has 0 aliphatic carbocycles. The molecule has 1 aliphatic rings. The highest BCUT2D eigenvalue weighted by Crippen LogP contribution is 2.20. The monoisotopic (exact) mass is 376 g/mol. The highest BCUT2D eigenvalue weighted by atomic mass is 16.4. The fourth-order valence-corrected chi connectivity index (χ4v) is 3.39. The number of carbonyl (C=O) groups is 3. The van der Waals surface area contributed by atoms with Gasteiger partial charge in [0.25, 0.3) is 0 Å². The molecule has 0 spiro atoms. The van der Waals surface area contributed by atoms with Gasteiger partial charge in [0.2, 0.25) is 11.8 Å². The van der Waals surface area contributed by atoms with Crippen LogP contribution in [0.5, 0.6) is 0 Å².